The van der Waals surface area contributed by atoms with Gasteiger partial charge < -0.3 is 4.74 Å². The molecule has 6 rings (SSSR count). The summed E-state index contributed by atoms with van der Waals surface area (Å²) in [7, 11) is 0. The maximum Gasteiger partial charge on any atom is 0.164 e. The summed E-state index contributed by atoms with van der Waals surface area (Å²) in [5.74, 6) is 2.55. The molecule has 160 valence electrons. The van der Waals surface area contributed by atoms with Crippen molar-refractivity contribution in [1.29, 1.82) is 0 Å². The van der Waals surface area contributed by atoms with Gasteiger partial charge in [0.15, 0.2) is 17.5 Å². The second-order valence-corrected chi connectivity index (χ2v) is 8.81. The van der Waals surface area contributed by atoms with E-state index in [1.165, 1.54) is 0 Å². The first-order valence-corrected chi connectivity index (χ1v) is 11.2. The number of halogens is 1. The van der Waals surface area contributed by atoms with Crippen LogP contribution in [-0.4, -0.2) is 21.1 Å². The first-order valence-electron chi connectivity index (χ1n) is 10.9. The van der Waals surface area contributed by atoms with Crippen molar-refractivity contribution in [3.05, 3.63) is 108 Å². The number of aromatic nitrogens is 3. The number of hydrogen-bond donors (Lipinski definition) is 0. The van der Waals surface area contributed by atoms with Gasteiger partial charge in [-0.25, -0.2) is 15.0 Å². The van der Waals surface area contributed by atoms with Crippen molar-refractivity contribution in [3.8, 4) is 39.9 Å². The van der Waals surface area contributed by atoms with Crippen LogP contribution in [0.4, 0.5) is 0 Å². The van der Waals surface area contributed by atoms with Crippen LogP contribution in [0.15, 0.2) is 97.1 Å². The fourth-order valence-electron chi connectivity index (χ4n) is 4.55. The van der Waals surface area contributed by atoms with Crippen LogP contribution in [0.25, 0.3) is 34.2 Å². The van der Waals surface area contributed by atoms with E-state index in [1.807, 2.05) is 78.9 Å². The number of rotatable bonds is 3. The highest BCUT2D eigenvalue weighted by molar-refractivity contribution is 6.32. The third kappa shape index (κ3) is 3.26. The quantitative estimate of drug-likeness (QED) is 0.350. The molecule has 33 heavy (non-hydrogen) atoms. The van der Waals surface area contributed by atoms with E-state index >= 15 is 0 Å². The lowest BCUT2D eigenvalue weighted by Gasteiger charge is -2.28. The third-order valence-corrected chi connectivity index (χ3v) is 6.56. The third-order valence-electron chi connectivity index (χ3n) is 6.26. The van der Waals surface area contributed by atoms with Crippen LogP contribution in [0.1, 0.15) is 12.5 Å². The molecule has 0 spiro atoms. The van der Waals surface area contributed by atoms with Gasteiger partial charge in [-0.2, -0.15) is 0 Å². The van der Waals surface area contributed by atoms with E-state index in [9.17, 15) is 0 Å². The molecule has 2 unspecified atom stereocenters. The maximum absolute atomic E-state index is 6.58. The Morgan fingerprint density at radius 2 is 1.36 bits per heavy atom. The Labute approximate surface area is 197 Å². The fourth-order valence-corrected chi connectivity index (χ4v) is 4.75. The molecule has 5 heteroatoms. The molecule has 0 N–H and O–H groups in total. The van der Waals surface area contributed by atoms with Crippen molar-refractivity contribution < 1.29 is 4.74 Å². The molecule has 2 atom stereocenters. The van der Waals surface area contributed by atoms with E-state index < -0.39 is 0 Å². The predicted octanol–water partition coefficient (Wildman–Crippen LogP) is 6.67. The van der Waals surface area contributed by atoms with E-state index in [4.69, 9.17) is 31.3 Å². The summed E-state index contributed by atoms with van der Waals surface area (Å²) < 4.78 is 6.30. The van der Waals surface area contributed by atoms with Crippen molar-refractivity contribution in [3.63, 3.8) is 0 Å². The molecule has 3 aromatic carbocycles. The minimum Gasteiger partial charge on any atom is -0.483 e. The standard InChI is InChI=1S/C28H20ClN3O/c1-28-17-9-8-14-22(28)33-24-21(29)16-15-20(23(24)28)27-31-25(18-10-4-2-5-11-18)30-26(32-27)19-12-6-3-7-13-19/h2-17,22H,1H3. The van der Waals surface area contributed by atoms with Crippen LogP contribution in [0.2, 0.25) is 5.02 Å². The maximum atomic E-state index is 6.58. The zero-order valence-electron chi connectivity index (χ0n) is 17.9. The number of nitrogens with zero attached hydrogens (tertiary/aromatic N) is 3. The van der Waals surface area contributed by atoms with Crippen LogP contribution in [0.3, 0.4) is 0 Å². The SMILES string of the molecule is CC12C=CC=CC1Oc1c(Cl)ccc(-c3nc(-c4ccccc4)nc(-c4ccccc4)n3)c12. The summed E-state index contributed by atoms with van der Waals surface area (Å²) in [6.07, 6.45) is 8.17. The van der Waals surface area contributed by atoms with Gasteiger partial charge in [-0.15, -0.1) is 0 Å². The van der Waals surface area contributed by atoms with Gasteiger partial charge in [0.25, 0.3) is 0 Å². The number of allylic oxidation sites excluding steroid dienone is 2. The zero-order chi connectivity index (χ0) is 22.4. The van der Waals surface area contributed by atoms with Crippen molar-refractivity contribution >= 4 is 11.6 Å². The van der Waals surface area contributed by atoms with Gasteiger partial charge in [0, 0.05) is 22.3 Å². The zero-order valence-corrected chi connectivity index (χ0v) is 18.7. The Bertz CT molecular complexity index is 1360. The average Bonchev–Trinajstić information content (AvgIpc) is 3.19. The van der Waals surface area contributed by atoms with Gasteiger partial charge in [-0.05, 0) is 25.1 Å². The number of benzene rings is 3. The van der Waals surface area contributed by atoms with Crippen LogP contribution in [0.5, 0.6) is 5.75 Å². The van der Waals surface area contributed by atoms with Gasteiger partial charge in [-0.1, -0.05) is 90.5 Å². The monoisotopic (exact) mass is 449 g/mol. The Balaban J connectivity index is 1.61. The van der Waals surface area contributed by atoms with Crippen molar-refractivity contribution in [2.24, 2.45) is 0 Å². The van der Waals surface area contributed by atoms with Crippen LogP contribution < -0.4 is 4.74 Å². The summed E-state index contributed by atoms with van der Waals surface area (Å²) in [6, 6.07) is 23.8. The van der Waals surface area contributed by atoms with Gasteiger partial charge in [0.1, 0.15) is 11.9 Å². The molecular weight excluding hydrogens is 430 g/mol. The van der Waals surface area contributed by atoms with E-state index in [0.29, 0.717) is 28.2 Å². The smallest absolute Gasteiger partial charge is 0.164 e. The van der Waals surface area contributed by atoms with Gasteiger partial charge in [0.2, 0.25) is 0 Å². The van der Waals surface area contributed by atoms with E-state index in [1.54, 1.807) is 0 Å². The normalized spacial score (nSPS) is 20.2. The Morgan fingerprint density at radius 3 is 2.00 bits per heavy atom. The Kier molecular flexibility index (Phi) is 4.63. The molecule has 0 saturated heterocycles. The van der Waals surface area contributed by atoms with Gasteiger partial charge >= 0.3 is 0 Å². The summed E-state index contributed by atoms with van der Waals surface area (Å²) in [4.78, 5) is 14.6. The largest absolute Gasteiger partial charge is 0.483 e. The Morgan fingerprint density at radius 1 is 0.758 bits per heavy atom. The predicted molar refractivity (Wildman–Crippen MR) is 131 cm³/mol. The molecule has 0 amide bonds. The molecule has 4 nitrogen and oxygen atoms in total. The van der Waals surface area contributed by atoms with Crippen LogP contribution in [-0.2, 0) is 5.41 Å². The topological polar surface area (TPSA) is 47.9 Å². The molecule has 1 aromatic heterocycles. The van der Waals surface area contributed by atoms with Gasteiger partial charge in [-0.3, -0.25) is 0 Å². The lowest BCUT2D eigenvalue weighted by atomic mass is 9.75. The molecule has 0 fully saturated rings. The number of ether oxygens (including phenoxy) is 1. The van der Waals surface area contributed by atoms with Crippen LogP contribution in [0, 0.1) is 0 Å². The lowest BCUT2D eigenvalue weighted by molar-refractivity contribution is 0.228. The summed E-state index contributed by atoms with van der Waals surface area (Å²) in [6.45, 7) is 2.17. The molecule has 1 aliphatic heterocycles. The molecular formula is C28H20ClN3O. The Hall–Kier alpha value is -3.76. The summed E-state index contributed by atoms with van der Waals surface area (Å²) in [5.41, 5.74) is 3.41. The van der Waals surface area contributed by atoms with Crippen molar-refractivity contribution in [1.82, 2.24) is 15.0 Å². The van der Waals surface area contributed by atoms with E-state index in [0.717, 1.165) is 22.3 Å². The molecule has 0 bridgehead atoms. The summed E-state index contributed by atoms with van der Waals surface area (Å²) in [5, 5.41) is 0.590. The molecule has 0 saturated carbocycles. The number of hydrogen-bond acceptors (Lipinski definition) is 4. The second kappa shape index (κ2) is 7.68. The molecule has 4 aromatic rings. The minimum atomic E-state index is -0.364. The molecule has 2 heterocycles. The van der Waals surface area contributed by atoms with E-state index in [-0.39, 0.29) is 11.5 Å². The fraction of sp³-hybridized carbons (Fsp3) is 0.107. The molecule has 0 radical (unpaired) electrons. The highest BCUT2D eigenvalue weighted by Crippen LogP contribution is 2.52. The first kappa shape index (κ1) is 19.9. The van der Waals surface area contributed by atoms with Crippen molar-refractivity contribution in [2.75, 3.05) is 0 Å². The first-order chi connectivity index (χ1) is 16.1. The van der Waals surface area contributed by atoms with Crippen molar-refractivity contribution in [2.45, 2.75) is 18.4 Å². The highest BCUT2D eigenvalue weighted by atomic mass is 35.5. The molecule has 2 aliphatic rings. The second-order valence-electron chi connectivity index (χ2n) is 8.40. The van der Waals surface area contributed by atoms with E-state index in [2.05, 4.69) is 25.2 Å². The van der Waals surface area contributed by atoms with Gasteiger partial charge in [0.05, 0.1) is 10.4 Å². The number of fused-ring (bicyclic) bond motifs is 3. The van der Waals surface area contributed by atoms with Crippen LogP contribution >= 0.6 is 11.6 Å². The highest BCUT2D eigenvalue weighted by Gasteiger charge is 2.46. The average molecular weight is 450 g/mol. The molecule has 1 aliphatic carbocycles. The minimum absolute atomic E-state index is 0.125. The lowest BCUT2D eigenvalue weighted by Crippen LogP contribution is -2.33. The summed E-state index contributed by atoms with van der Waals surface area (Å²) >= 11 is 6.58.